The van der Waals surface area contributed by atoms with Gasteiger partial charge in [0.25, 0.3) is 0 Å². The Balaban J connectivity index is 2.63. The van der Waals surface area contributed by atoms with E-state index >= 15 is 0 Å². The number of aliphatic carboxylic acids is 1. The Hall–Kier alpha value is -1.44. The van der Waals surface area contributed by atoms with Crippen molar-refractivity contribution in [3.8, 4) is 0 Å². The average molecular weight is 267 g/mol. The number of hydrogen-bond acceptors (Lipinski definition) is 4. The largest absolute Gasteiger partial charge is 0.477 e. The highest BCUT2D eigenvalue weighted by Crippen LogP contribution is 2.37. The lowest BCUT2D eigenvalue weighted by molar-refractivity contribution is -0.240. The maximum absolute atomic E-state index is 13.1. The number of alkyl halides is 2. The van der Waals surface area contributed by atoms with Crippen LogP contribution in [-0.2, 0) is 9.53 Å². The summed E-state index contributed by atoms with van der Waals surface area (Å²) in [5, 5.41) is 17.8. The van der Waals surface area contributed by atoms with Gasteiger partial charge in [0.2, 0.25) is 0 Å². The van der Waals surface area contributed by atoms with Gasteiger partial charge in [0, 0.05) is 0 Å². The number of carboxylic acids is 1. The highest BCUT2D eigenvalue weighted by molar-refractivity contribution is 5.79. The molecule has 1 rings (SSSR count). The average Bonchev–Trinajstić information content (AvgIpc) is 2.09. The van der Waals surface area contributed by atoms with E-state index in [4.69, 9.17) is 9.84 Å². The first-order valence-electron chi connectivity index (χ1n) is 5.20. The van der Waals surface area contributed by atoms with E-state index in [1.165, 1.54) is 0 Å². The lowest BCUT2D eigenvalue weighted by Gasteiger charge is -2.48. The summed E-state index contributed by atoms with van der Waals surface area (Å²) in [6, 6.07) is 0. The molecule has 0 spiro atoms. The molecule has 1 heterocycles. The molecule has 0 unspecified atom stereocenters. The minimum atomic E-state index is -4.30. The molecule has 1 aliphatic rings. The van der Waals surface area contributed by atoms with E-state index in [9.17, 15) is 23.5 Å². The molecule has 1 fully saturated rings. The molecule has 104 valence electrons. The number of halogens is 2. The molecule has 0 aromatic heterocycles. The maximum Gasteiger partial charge on any atom is 0.410 e. The van der Waals surface area contributed by atoms with Gasteiger partial charge in [0.15, 0.2) is 5.60 Å². The van der Waals surface area contributed by atoms with E-state index in [0.29, 0.717) is 0 Å². The number of β-amino-alcohol motifs (C(OH)–C–C–N with tert-alkyl or cyclic N) is 1. The Morgan fingerprint density at radius 1 is 1.28 bits per heavy atom. The molecule has 1 amide bonds. The van der Waals surface area contributed by atoms with E-state index in [-0.39, 0.29) is 0 Å². The third-order valence-corrected chi connectivity index (χ3v) is 2.41. The summed E-state index contributed by atoms with van der Waals surface area (Å²) >= 11 is 0. The molecule has 0 aromatic rings. The first kappa shape index (κ1) is 14.6. The molecule has 0 aliphatic carbocycles. The Morgan fingerprint density at radius 2 is 1.72 bits per heavy atom. The number of rotatable bonds is 2. The van der Waals surface area contributed by atoms with Crippen molar-refractivity contribution in [3.05, 3.63) is 0 Å². The summed E-state index contributed by atoms with van der Waals surface area (Å²) in [6.45, 7) is 3.25. The number of carboxylic acid groups (broad SMARTS) is 1. The number of likely N-dealkylation sites (tertiary alicyclic amines) is 1. The summed E-state index contributed by atoms with van der Waals surface area (Å²) in [5.41, 5.74) is -3.53. The smallest absolute Gasteiger partial charge is 0.410 e. The molecule has 0 radical (unpaired) electrons. The molecule has 18 heavy (non-hydrogen) atoms. The minimum absolute atomic E-state index is 0.777. The van der Waals surface area contributed by atoms with Crippen LogP contribution in [0.4, 0.5) is 13.6 Å². The Morgan fingerprint density at radius 3 is 2.06 bits per heavy atom. The van der Waals surface area contributed by atoms with Crippen LogP contribution in [0.25, 0.3) is 0 Å². The van der Waals surface area contributed by atoms with Crippen molar-refractivity contribution >= 4 is 12.1 Å². The van der Waals surface area contributed by atoms with Crippen LogP contribution >= 0.6 is 0 Å². The quantitative estimate of drug-likeness (QED) is 0.768. The van der Waals surface area contributed by atoms with Crippen molar-refractivity contribution in [2.75, 3.05) is 13.1 Å². The molecular formula is C10H15F2NO5. The maximum atomic E-state index is 13.1. The molecular weight excluding hydrogens is 252 g/mol. The van der Waals surface area contributed by atoms with Gasteiger partial charge in [-0.15, -0.1) is 0 Å². The summed E-state index contributed by atoms with van der Waals surface area (Å²) in [4.78, 5) is 22.6. The van der Waals surface area contributed by atoms with Gasteiger partial charge in [-0.25, -0.2) is 9.59 Å². The van der Waals surface area contributed by atoms with E-state index in [1.807, 2.05) is 0 Å². The van der Waals surface area contributed by atoms with Crippen molar-refractivity contribution in [1.82, 2.24) is 4.90 Å². The van der Waals surface area contributed by atoms with E-state index < -0.39 is 42.3 Å². The van der Waals surface area contributed by atoms with Crippen LogP contribution in [0.3, 0.4) is 0 Å². The van der Waals surface area contributed by atoms with Crippen molar-refractivity contribution < 1.29 is 33.3 Å². The number of hydrogen-bond donors (Lipinski definition) is 2. The molecule has 0 aromatic carbocycles. The second-order valence-corrected chi connectivity index (χ2v) is 5.25. The third-order valence-electron chi connectivity index (χ3n) is 2.41. The normalized spacial score (nSPS) is 19.1. The first-order chi connectivity index (χ1) is 7.89. The van der Waals surface area contributed by atoms with Crippen LogP contribution in [0.2, 0.25) is 0 Å². The van der Waals surface area contributed by atoms with Crippen LogP contribution in [0.1, 0.15) is 20.8 Å². The van der Waals surface area contributed by atoms with Crippen LogP contribution in [0.15, 0.2) is 0 Å². The lowest BCUT2D eigenvalue weighted by atomic mass is 9.87. The molecule has 2 N–H and O–H groups in total. The second kappa shape index (κ2) is 4.04. The summed E-state index contributed by atoms with van der Waals surface area (Å²) < 4.78 is 31.1. The van der Waals surface area contributed by atoms with E-state index in [1.54, 1.807) is 20.8 Å². The van der Waals surface area contributed by atoms with Crippen LogP contribution < -0.4 is 0 Å². The third kappa shape index (κ3) is 2.53. The van der Waals surface area contributed by atoms with Gasteiger partial charge < -0.3 is 19.8 Å². The fourth-order valence-corrected chi connectivity index (χ4v) is 1.44. The van der Waals surface area contributed by atoms with E-state index in [2.05, 4.69) is 0 Å². The zero-order valence-electron chi connectivity index (χ0n) is 10.2. The molecule has 0 atom stereocenters. The second-order valence-electron chi connectivity index (χ2n) is 5.25. The highest BCUT2D eigenvalue weighted by atomic mass is 19.3. The number of amides is 1. The number of ether oxygens (including phenoxy) is 1. The number of aliphatic hydroxyl groups is 1. The van der Waals surface area contributed by atoms with Gasteiger partial charge in [-0.1, -0.05) is 0 Å². The Kier molecular flexibility index (Phi) is 3.28. The molecule has 0 bridgehead atoms. The van der Waals surface area contributed by atoms with Crippen LogP contribution in [0.5, 0.6) is 0 Å². The minimum Gasteiger partial charge on any atom is -0.477 e. The number of carbonyl (C=O) groups is 2. The van der Waals surface area contributed by atoms with Gasteiger partial charge in [0.1, 0.15) is 5.60 Å². The van der Waals surface area contributed by atoms with Crippen molar-refractivity contribution in [3.63, 3.8) is 0 Å². The Labute approximate surface area is 102 Å². The highest BCUT2D eigenvalue weighted by Gasteiger charge is 2.66. The topological polar surface area (TPSA) is 87.1 Å². The standard InChI is InChI=1S/C10H15F2NO5/c1-8(2,3)18-7(16)13-4-9(17,5-13)10(11,12)6(14)15/h17H,4-5H2,1-3H3,(H,14,15). The zero-order chi connectivity index (χ0) is 14.4. The molecule has 1 saturated heterocycles. The summed E-state index contributed by atoms with van der Waals surface area (Å²) in [6.07, 6.45) is -0.867. The predicted molar refractivity (Wildman–Crippen MR) is 55.3 cm³/mol. The molecule has 1 aliphatic heterocycles. The van der Waals surface area contributed by atoms with Gasteiger partial charge in [-0.05, 0) is 20.8 Å². The monoisotopic (exact) mass is 267 g/mol. The predicted octanol–water partition coefficient (Wildman–Crippen LogP) is 0.688. The van der Waals surface area contributed by atoms with Gasteiger partial charge >= 0.3 is 18.0 Å². The van der Waals surface area contributed by atoms with Crippen LogP contribution in [0, 0.1) is 0 Å². The first-order valence-corrected chi connectivity index (χ1v) is 5.20. The summed E-state index contributed by atoms with van der Waals surface area (Å²) in [7, 11) is 0. The SMILES string of the molecule is CC(C)(C)OC(=O)N1CC(O)(C(F)(F)C(=O)O)C1. The number of carbonyl (C=O) groups excluding carboxylic acids is 1. The summed E-state index contributed by atoms with van der Waals surface area (Å²) in [5.74, 6) is -6.72. The van der Waals surface area contributed by atoms with Gasteiger partial charge in [-0.3, -0.25) is 0 Å². The Bertz CT molecular complexity index is 371. The van der Waals surface area contributed by atoms with Crippen molar-refractivity contribution in [2.24, 2.45) is 0 Å². The van der Waals surface area contributed by atoms with Crippen LogP contribution in [-0.4, -0.2) is 57.4 Å². The van der Waals surface area contributed by atoms with Gasteiger partial charge in [0.05, 0.1) is 13.1 Å². The fourth-order valence-electron chi connectivity index (χ4n) is 1.44. The molecule has 0 saturated carbocycles. The zero-order valence-corrected chi connectivity index (χ0v) is 10.2. The fraction of sp³-hybridized carbons (Fsp3) is 0.800. The van der Waals surface area contributed by atoms with E-state index in [0.717, 1.165) is 4.90 Å². The van der Waals surface area contributed by atoms with Crippen molar-refractivity contribution in [1.29, 1.82) is 0 Å². The molecule has 8 heteroatoms. The van der Waals surface area contributed by atoms with Gasteiger partial charge in [-0.2, -0.15) is 8.78 Å². The lowest BCUT2D eigenvalue weighted by Crippen LogP contribution is -2.73. The number of nitrogens with zero attached hydrogens (tertiary/aromatic N) is 1. The van der Waals surface area contributed by atoms with Crippen molar-refractivity contribution in [2.45, 2.75) is 37.9 Å². The molecule has 6 nitrogen and oxygen atoms in total.